The van der Waals surface area contributed by atoms with Gasteiger partial charge in [-0.15, -0.1) is 6.42 Å². The van der Waals surface area contributed by atoms with E-state index in [4.69, 9.17) is 15.9 Å². The Morgan fingerprint density at radius 3 is 2.87 bits per heavy atom. The first-order valence-corrected chi connectivity index (χ1v) is 4.47. The second kappa shape index (κ2) is 5.84. The molecule has 0 bridgehead atoms. The van der Waals surface area contributed by atoms with Gasteiger partial charge in [-0.1, -0.05) is 24.1 Å². The van der Waals surface area contributed by atoms with Crippen LogP contribution in [0.1, 0.15) is 15.9 Å². The molecule has 0 aliphatic heterocycles. The van der Waals surface area contributed by atoms with E-state index in [-0.39, 0.29) is 6.61 Å². The molecule has 0 aromatic heterocycles. The highest BCUT2D eigenvalue weighted by atomic mass is 16.5. The van der Waals surface area contributed by atoms with Crippen LogP contribution in [0.5, 0.6) is 0 Å². The predicted octanol–water partition coefficient (Wildman–Crippen LogP) is 1.62. The van der Waals surface area contributed by atoms with E-state index in [0.717, 1.165) is 5.56 Å². The first kappa shape index (κ1) is 11.3. The molecule has 0 fully saturated rings. The summed E-state index contributed by atoms with van der Waals surface area (Å²) in [4.78, 5) is 11.5. The number of benzene rings is 1. The fourth-order valence-electron chi connectivity index (χ4n) is 1.19. The molecule has 15 heavy (non-hydrogen) atoms. The number of carbonyl (C=O) groups is 1. The van der Waals surface area contributed by atoms with E-state index in [2.05, 4.69) is 5.92 Å². The Kier molecular flexibility index (Phi) is 4.39. The van der Waals surface area contributed by atoms with Gasteiger partial charge in [0.25, 0.3) is 0 Å². The maximum atomic E-state index is 11.5. The monoisotopic (exact) mass is 204 g/mol. The van der Waals surface area contributed by atoms with Crippen LogP contribution in [0.25, 0.3) is 0 Å². The summed E-state index contributed by atoms with van der Waals surface area (Å²) >= 11 is 0. The molecule has 0 saturated heterocycles. The van der Waals surface area contributed by atoms with E-state index in [1.54, 1.807) is 19.2 Å². The van der Waals surface area contributed by atoms with Gasteiger partial charge in [-0.05, 0) is 11.6 Å². The lowest BCUT2D eigenvalue weighted by molar-refractivity contribution is 0.0552. The molecule has 0 spiro atoms. The van der Waals surface area contributed by atoms with Crippen molar-refractivity contribution < 1.29 is 14.3 Å². The van der Waals surface area contributed by atoms with Crippen molar-refractivity contribution in [2.75, 3.05) is 13.7 Å². The van der Waals surface area contributed by atoms with Crippen LogP contribution in [0.2, 0.25) is 0 Å². The number of hydrogen-bond acceptors (Lipinski definition) is 3. The van der Waals surface area contributed by atoms with Crippen LogP contribution in [0.3, 0.4) is 0 Å². The van der Waals surface area contributed by atoms with Crippen LogP contribution >= 0.6 is 0 Å². The molecule has 1 aromatic carbocycles. The molecular formula is C12H12O3. The minimum Gasteiger partial charge on any atom is -0.449 e. The van der Waals surface area contributed by atoms with Crippen LogP contribution in [0.15, 0.2) is 24.3 Å². The molecule has 0 aliphatic rings. The first-order chi connectivity index (χ1) is 7.29. The normalized spacial score (nSPS) is 9.33. The van der Waals surface area contributed by atoms with Gasteiger partial charge in [0.15, 0.2) is 6.61 Å². The number of carbonyl (C=O) groups excluding carboxylic acids is 1. The van der Waals surface area contributed by atoms with Crippen molar-refractivity contribution in [3.63, 3.8) is 0 Å². The molecule has 0 aliphatic carbocycles. The van der Waals surface area contributed by atoms with E-state index in [1.165, 1.54) is 0 Å². The van der Waals surface area contributed by atoms with Gasteiger partial charge in [0.1, 0.15) is 0 Å². The van der Waals surface area contributed by atoms with Crippen molar-refractivity contribution in [3.05, 3.63) is 35.4 Å². The zero-order valence-electron chi connectivity index (χ0n) is 8.53. The number of ether oxygens (including phenoxy) is 2. The van der Waals surface area contributed by atoms with Gasteiger partial charge in [-0.2, -0.15) is 0 Å². The average molecular weight is 204 g/mol. The van der Waals surface area contributed by atoms with E-state index in [9.17, 15) is 4.79 Å². The Bertz CT molecular complexity index is 377. The first-order valence-electron chi connectivity index (χ1n) is 4.47. The molecule has 78 valence electrons. The van der Waals surface area contributed by atoms with Crippen LogP contribution in [-0.2, 0) is 16.1 Å². The molecule has 0 radical (unpaired) electrons. The highest BCUT2D eigenvalue weighted by Crippen LogP contribution is 2.11. The van der Waals surface area contributed by atoms with Gasteiger partial charge in [-0.25, -0.2) is 4.79 Å². The van der Waals surface area contributed by atoms with Crippen molar-refractivity contribution in [2.24, 2.45) is 0 Å². The van der Waals surface area contributed by atoms with E-state index in [1.807, 2.05) is 12.1 Å². The van der Waals surface area contributed by atoms with Gasteiger partial charge < -0.3 is 9.47 Å². The van der Waals surface area contributed by atoms with Crippen molar-refractivity contribution in [2.45, 2.75) is 6.61 Å². The molecule has 0 atom stereocenters. The summed E-state index contributed by atoms with van der Waals surface area (Å²) in [7, 11) is 1.57. The number of methoxy groups -OCH3 is 1. The van der Waals surface area contributed by atoms with Crippen molar-refractivity contribution in [1.82, 2.24) is 0 Å². The highest BCUT2D eigenvalue weighted by Gasteiger charge is 2.11. The number of hydrogen-bond donors (Lipinski definition) is 0. The van der Waals surface area contributed by atoms with Crippen LogP contribution in [0.4, 0.5) is 0 Å². The standard InChI is InChI=1S/C12H12O3/c1-3-8-15-12(13)11-7-5-4-6-10(11)9-14-2/h1,4-7H,8-9H2,2H3. The quantitative estimate of drug-likeness (QED) is 0.552. The zero-order chi connectivity index (χ0) is 11.1. The number of terminal acetylenes is 1. The van der Waals surface area contributed by atoms with E-state index in [0.29, 0.717) is 12.2 Å². The molecule has 0 saturated carbocycles. The minimum absolute atomic E-state index is 0.0137. The number of rotatable bonds is 4. The second-order valence-corrected chi connectivity index (χ2v) is 2.87. The predicted molar refractivity (Wildman–Crippen MR) is 56.3 cm³/mol. The van der Waals surface area contributed by atoms with Gasteiger partial charge in [0, 0.05) is 7.11 Å². The zero-order valence-corrected chi connectivity index (χ0v) is 8.53. The van der Waals surface area contributed by atoms with E-state index < -0.39 is 5.97 Å². The molecule has 1 rings (SSSR count). The second-order valence-electron chi connectivity index (χ2n) is 2.87. The van der Waals surface area contributed by atoms with Crippen LogP contribution in [-0.4, -0.2) is 19.7 Å². The number of esters is 1. The van der Waals surface area contributed by atoms with Gasteiger partial charge in [0.05, 0.1) is 12.2 Å². The summed E-state index contributed by atoms with van der Waals surface area (Å²) in [5.74, 6) is 1.83. The maximum absolute atomic E-state index is 11.5. The summed E-state index contributed by atoms with van der Waals surface area (Å²) in [6, 6.07) is 7.11. The summed E-state index contributed by atoms with van der Waals surface area (Å²) in [6.45, 7) is 0.363. The van der Waals surface area contributed by atoms with Crippen molar-refractivity contribution >= 4 is 5.97 Å². The molecule has 0 unspecified atom stereocenters. The lowest BCUT2D eigenvalue weighted by Gasteiger charge is -2.06. The largest absolute Gasteiger partial charge is 0.449 e. The third-order valence-electron chi connectivity index (χ3n) is 1.82. The van der Waals surface area contributed by atoms with Gasteiger partial charge in [0.2, 0.25) is 0 Å². The van der Waals surface area contributed by atoms with Gasteiger partial charge in [-0.3, -0.25) is 0 Å². The Balaban J connectivity index is 2.83. The summed E-state index contributed by atoms with van der Waals surface area (Å²) in [6.07, 6.45) is 5.00. The average Bonchev–Trinajstić information content (AvgIpc) is 2.27. The molecule has 0 amide bonds. The highest BCUT2D eigenvalue weighted by molar-refractivity contribution is 5.91. The SMILES string of the molecule is C#CCOC(=O)c1ccccc1COC. The smallest absolute Gasteiger partial charge is 0.339 e. The molecule has 1 aromatic rings. The third-order valence-corrected chi connectivity index (χ3v) is 1.82. The van der Waals surface area contributed by atoms with Gasteiger partial charge >= 0.3 is 5.97 Å². The van der Waals surface area contributed by atoms with E-state index >= 15 is 0 Å². The Morgan fingerprint density at radius 2 is 2.20 bits per heavy atom. The summed E-state index contributed by atoms with van der Waals surface area (Å²) < 4.78 is 9.81. The molecule has 0 N–H and O–H groups in total. The van der Waals surface area contributed by atoms with Crippen molar-refractivity contribution in [1.29, 1.82) is 0 Å². The topological polar surface area (TPSA) is 35.5 Å². The molecule has 3 nitrogen and oxygen atoms in total. The van der Waals surface area contributed by atoms with Crippen LogP contribution < -0.4 is 0 Å². The van der Waals surface area contributed by atoms with Crippen molar-refractivity contribution in [3.8, 4) is 12.3 Å². The lowest BCUT2D eigenvalue weighted by atomic mass is 10.1. The Morgan fingerprint density at radius 1 is 1.47 bits per heavy atom. The molecule has 0 heterocycles. The minimum atomic E-state index is -0.416. The fourth-order valence-corrected chi connectivity index (χ4v) is 1.19. The summed E-state index contributed by atoms with van der Waals surface area (Å²) in [5, 5.41) is 0. The van der Waals surface area contributed by atoms with Crippen LogP contribution in [0, 0.1) is 12.3 Å². The Labute approximate surface area is 89.0 Å². The molecule has 3 heteroatoms. The molecular weight excluding hydrogens is 192 g/mol. The third kappa shape index (κ3) is 3.12. The summed E-state index contributed by atoms with van der Waals surface area (Å²) in [5.41, 5.74) is 1.29. The fraction of sp³-hybridized carbons (Fsp3) is 0.250. The lowest BCUT2D eigenvalue weighted by Crippen LogP contribution is -2.08. The Hall–Kier alpha value is -1.79. The maximum Gasteiger partial charge on any atom is 0.339 e.